The Bertz CT molecular complexity index is 649. The molecule has 0 radical (unpaired) electrons. The maximum atomic E-state index is 10.7. The van der Waals surface area contributed by atoms with Gasteiger partial charge in [0.05, 0.1) is 6.42 Å². The van der Waals surface area contributed by atoms with Gasteiger partial charge < -0.3 is 10.0 Å². The van der Waals surface area contributed by atoms with Crippen LogP contribution in [0.4, 0.5) is 5.69 Å². The van der Waals surface area contributed by atoms with E-state index in [9.17, 15) is 4.79 Å². The Morgan fingerprint density at radius 2 is 1.81 bits per heavy atom. The van der Waals surface area contributed by atoms with E-state index in [0.29, 0.717) is 6.04 Å². The summed E-state index contributed by atoms with van der Waals surface area (Å²) in [5.74, 6) is -0.787. The molecule has 1 atom stereocenters. The van der Waals surface area contributed by atoms with Crippen molar-refractivity contribution in [2.24, 2.45) is 0 Å². The molecule has 3 rings (SSSR count). The number of anilines is 1. The van der Waals surface area contributed by atoms with Gasteiger partial charge in [-0.05, 0) is 36.1 Å². The van der Waals surface area contributed by atoms with Gasteiger partial charge in [0.15, 0.2) is 0 Å². The van der Waals surface area contributed by atoms with Gasteiger partial charge in [0, 0.05) is 18.3 Å². The molecular formula is C18H19NO2. The van der Waals surface area contributed by atoms with Crippen LogP contribution in [0.25, 0.3) is 0 Å². The monoisotopic (exact) mass is 281 g/mol. The van der Waals surface area contributed by atoms with Crippen molar-refractivity contribution in [3.8, 4) is 0 Å². The molecule has 0 amide bonds. The molecule has 2 aromatic carbocycles. The Kier molecular flexibility index (Phi) is 3.65. The SMILES string of the molecule is CC1Cc2ccccc2N1Cc1ccc(CC(=O)O)cc1. The van der Waals surface area contributed by atoms with Crippen LogP contribution >= 0.6 is 0 Å². The second-order valence-corrected chi connectivity index (χ2v) is 5.70. The van der Waals surface area contributed by atoms with Gasteiger partial charge in [0.25, 0.3) is 0 Å². The summed E-state index contributed by atoms with van der Waals surface area (Å²) in [5, 5.41) is 8.80. The summed E-state index contributed by atoms with van der Waals surface area (Å²) in [6.07, 6.45) is 1.18. The summed E-state index contributed by atoms with van der Waals surface area (Å²) in [4.78, 5) is 13.1. The van der Waals surface area contributed by atoms with Crippen molar-refractivity contribution in [3.05, 3.63) is 65.2 Å². The lowest BCUT2D eigenvalue weighted by atomic mass is 10.1. The van der Waals surface area contributed by atoms with Gasteiger partial charge in [-0.2, -0.15) is 0 Å². The smallest absolute Gasteiger partial charge is 0.307 e. The number of carbonyl (C=O) groups is 1. The van der Waals surface area contributed by atoms with E-state index in [4.69, 9.17) is 5.11 Å². The minimum atomic E-state index is -0.787. The molecule has 0 saturated heterocycles. The third kappa shape index (κ3) is 2.92. The summed E-state index contributed by atoms with van der Waals surface area (Å²) in [6.45, 7) is 3.12. The number of hydrogen-bond donors (Lipinski definition) is 1. The zero-order valence-electron chi connectivity index (χ0n) is 12.1. The number of carboxylic acids is 1. The quantitative estimate of drug-likeness (QED) is 0.935. The molecule has 0 aliphatic carbocycles. The van der Waals surface area contributed by atoms with Crippen molar-refractivity contribution in [2.75, 3.05) is 4.90 Å². The second-order valence-electron chi connectivity index (χ2n) is 5.70. The van der Waals surface area contributed by atoms with Crippen LogP contribution in [-0.4, -0.2) is 17.1 Å². The van der Waals surface area contributed by atoms with Gasteiger partial charge in [-0.3, -0.25) is 4.79 Å². The van der Waals surface area contributed by atoms with E-state index in [0.717, 1.165) is 18.5 Å². The number of hydrogen-bond acceptors (Lipinski definition) is 2. The van der Waals surface area contributed by atoms with Crippen LogP contribution in [0.1, 0.15) is 23.6 Å². The first-order chi connectivity index (χ1) is 10.1. The van der Waals surface area contributed by atoms with E-state index in [2.05, 4.69) is 36.1 Å². The second kappa shape index (κ2) is 5.60. The standard InChI is InChI=1S/C18H19NO2/c1-13-10-16-4-2-3-5-17(16)19(13)12-15-8-6-14(7-9-15)11-18(20)21/h2-9,13H,10-12H2,1H3,(H,20,21). The summed E-state index contributed by atoms with van der Waals surface area (Å²) < 4.78 is 0. The van der Waals surface area contributed by atoms with Gasteiger partial charge in [-0.25, -0.2) is 0 Å². The average Bonchev–Trinajstić information content (AvgIpc) is 2.77. The minimum Gasteiger partial charge on any atom is -0.481 e. The highest BCUT2D eigenvalue weighted by atomic mass is 16.4. The molecule has 0 spiro atoms. The molecule has 0 saturated carbocycles. The van der Waals surface area contributed by atoms with E-state index < -0.39 is 5.97 Å². The summed E-state index contributed by atoms with van der Waals surface area (Å²) in [5.41, 5.74) is 4.79. The van der Waals surface area contributed by atoms with Crippen LogP contribution < -0.4 is 4.90 Å². The molecule has 0 bridgehead atoms. The fourth-order valence-corrected chi connectivity index (χ4v) is 3.00. The summed E-state index contributed by atoms with van der Waals surface area (Å²) in [6, 6.07) is 16.9. The third-order valence-corrected chi connectivity index (χ3v) is 4.08. The number of benzene rings is 2. The Balaban J connectivity index is 1.76. The Labute approximate surface area is 124 Å². The number of nitrogens with zero attached hydrogens (tertiary/aromatic N) is 1. The first-order valence-corrected chi connectivity index (χ1v) is 7.27. The van der Waals surface area contributed by atoms with Crippen molar-refractivity contribution >= 4 is 11.7 Å². The van der Waals surface area contributed by atoms with Gasteiger partial charge in [0.1, 0.15) is 0 Å². The average molecular weight is 281 g/mol. The van der Waals surface area contributed by atoms with E-state index in [1.54, 1.807) is 0 Å². The maximum absolute atomic E-state index is 10.7. The van der Waals surface area contributed by atoms with E-state index >= 15 is 0 Å². The van der Waals surface area contributed by atoms with Gasteiger partial charge in [0.2, 0.25) is 0 Å². The minimum absolute atomic E-state index is 0.0865. The number of para-hydroxylation sites is 1. The van der Waals surface area contributed by atoms with Crippen molar-refractivity contribution in [2.45, 2.75) is 32.4 Å². The van der Waals surface area contributed by atoms with E-state index in [1.807, 2.05) is 24.3 Å². The maximum Gasteiger partial charge on any atom is 0.307 e. The highest BCUT2D eigenvalue weighted by molar-refractivity contribution is 5.70. The lowest BCUT2D eigenvalue weighted by molar-refractivity contribution is -0.136. The Hall–Kier alpha value is -2.29. The molecule has 2 aromatic rings. The van der Waals surface area contributed by atoms with Crippen LogP contribution in [-0.2, 0) is 24.2 Å². The largest absolute Gasteiger partial charge is 0.481 e. The predicted molar refractivity (Wildman–Crippen MR) is 83.6 cm³/mol. The molecule has 1 aliphatic heterocycles. The molecule has 3 heteroatoms. The number of fused-ring (bicyclic) bond motifs is 1. The van der Waals surface area contributed by atoms with Crippen molar-refractivity contribution in [3.63, 3.8) is 0 Å². The van der Waals surface area contributed by atoms with Gasteiger partial charge in [-0.15, -0.1) is 0 Å². The molecule has 0 aromatic heterocycles. The summed E-state index contributed by atoms with van der Waals surface area (Å²) in [7, 11) is 0. The molecule has 1 unspecified atom stereocenters. The Morgan fingerprint density at radius 3 is 2.52 bits per heavy atom. The first-order valence-electron chi connectivity index (χ1n) is 7.27. The van der Waals surface area contributed by atoms with Crippen molar-refractivity contribution in [1.82, 2.24) is 0 Å². The van der Waals surface area contributed by atoms with Crippen LogP contribution in [0.5, 0.6) is 0 Å². The number of aliphatic carboxylic acids is 1. The fourth-order valence-electron chi connectivity index (χ4n) is 3.00. The van der Waals surface area contributed by atoms with Crippen LogP contribution in [0, 0.1) is 0 Å². The molecule has 1 N–H and O–H groups in total. The lowest BCUT2D eigenvalue weighted by Crippen LogP contribution is -2.28. The van der Waals surface area contributed by atoms with Crippen molar-refractivity contribution in [1.29, 1.82) is 0 Å². The Morgan fingerprint density at radius 1 is 1.14 bits per heavy atom. The molecule has 1 aliphatic rings. The predicted octanol–water partition coefficient (Wildman–Crippen LogP) is 3.26. The highest BCUT2D eigenvalue weighted by Crippen LogP contribution is 2.32. The summed E-state index contributed by atoms with van der Waals surface area (Å²) >= 11 is 0. The van der Waals surface area contributed by atoms with Crippen LogP contribution in [0.3, 0.4) is 0 Å². The molecule has 1 heterocycles. The fraction of sp³-hybridized carbons (Fsp3) is 0.278. The molecule has 108 valence electrons. The van der Waals surface area contributed by atoms with Gasteiger partial charge in [-0.1, -0.05) is 42.5 Å². The normalized spacial score (nSPS) is 16.8. The molecule has 0 fully saturated rings. The third-order valence-electron chi connectivity index (χ3n) is 4.08. The van der Waals surface area contributed by atoms with Crippen molar-refractivity contribution < 1.29 is 9.90 Å². The van der Waals surface area contributed by atoms with Crippen LogP contribution in [0.15, 0.2) is 48.5 Å². The number of rotatable bonds is 4. The molecule has 21 heavy (non-hydrogen) atoms. The topological polar surface area (TPSA) is 40.5 Å². The van der Waals surface area contributed by atoms with Gasteiger partial charge >= 0.3 is 5.97 Å². The molecule has 3 nitrogen and oxygen atoms in total. The van der Waals surface area contributed by atoms with E-state index in [-0.39, 0.29) is 6.42 Å². The van der Waals surface area contributed by atoms with E-state index in [1.165, 1.54) is 16.8 Å². The van der Waals surface area contributed by atoms with Crippen LogP contribution in [0.2, 0.25) is 0 Å². The number of carboxylic acid groups (broad SMARTS) is 1. The lowest BCUT2D eigenvalue weighted by Gasteiger charge is -2.25. The first kappa shape index (κ1) is 13.7. The zero-order valence-corrected chi connectivity index (χ0v) is 12.1. The molecular weight excluding hydrogens is 262 g/mol. The highest BCUT2D eigenvalue weighted by Gasteiger charge is 2.25. The zero-order chi connectivity index (χ0) is 14.8.